The summed E-state index contributed by atoms with van der Waals surface area (Å²) in [4.78, 5) is 7.40. The van der Waals surface area contributed by atoms with Crippen LogP contribution in [0.3, 0.4) is 0 Å². The molecule has 1 aromatic heterocycles. The monoisotopic (exact) mass is 258 g/mol. The van der Waals surface area contributed by atoms with Gasteiger partial charge in [0, 0.05) is 0 Å². The van der Waals surface area contributed by atoms with Gasteiger partial charge in [-0.25, -0.2) is 4.98 Å². The molecule has 0 radical (unpaired) electrons. The van der Waals surface area contributed by atoms with Crippen LogP contribution in [-0.2, 0) is 12.0 Å². The second-order valence-electron chi connectivity index (χ2n) is 6.00. The van der Waals surface area contributed by atoms with Gasteiger partial charge >= 0.3 is 0 Å². The topological polar surface area (TPSA) is 48.9 Å². The van der Waals surface area contributed by atoms with E-state index in [1.54, 1.807) is 20.0 Å². The van der Waals surface area contributed by atoms with Crippen molar-refractivity contribution in [2.24, 2.45) is 5.92 Å². The Hall–Kier alpha value is -1.61. The predicted molar refractivity (Wildman–Crippen MR) is 77.8 cm³/mol. The van der Waals surface area contributed by atoms with Crippen molar-refractivity contribution in [1.29, 1.82) is 0 Å². The first kappa shape index (κ1) is 13.8. The Bertz CT molecular complexity index is 533. The molecule has 0 aliphatic heterocycles. The maximum atomic E-state index is 9.90. The number of H-pyrrole nitrogens is 1. The SMILES string of the molecule is CC(C)Cc1ccc(-c2cnc(C(C)(C)O)[nH]2)cc1. The van der Waals surface area contributed by atoms with E-state index in [-0.39, 0.29) is 0 Å². The highest BCUT2D eigenvalue weighted by Crippen LogP contribution is 2.22. The molecule has 1 aromatic carbocycles. The summed E-state index contributed by atoms with van der Waals surface area (Å²) in [7, 11) is 0. The van der Waals surface area contributed by atoms with Gasteiger partial charge < -0.3 is 10.1 Å². The highest BCUT2D eigenvalue weighted by molar-refractivity contribution is 5.59. The lowest BCUT2D eigenvalue weighted by Gasteiger charge is -2.13. The van der Waals surface area contributed by atoms with Crippen molar-refractivity contribution in [3.05, 3.63) is 41.9 Å². The van der Waals surface area contributed by atoms with Crippen LogP contribution in [0.4, 0.5) is 0 Å². The van der Waals surface area contributed by atoms with Gasteiger partial charge in [-0.1, -0.05) is 38.1 Å². The first-order chi connectivity index (χ1) is 8.86. The van der Waals surface area contributed by atoms with E-state index >= 15 is 0 Å². The summed E-state index contributed by atoms with van der Waals surface area (Å²) in [6.07, 6.45) is 2.86. The average molecular weight is 258 g/mol. The van der Waals surface area contributed by atoms with Gasteiger partial charge in [-0.05, 0) is 37.3 Å². The minimum absolute atomic E-state index is 0.591. The van der Waals surface area contributed by atoms with Crippen molar-refractivity contribution in [2.45, 2.75) is 39.7 Å². The lowest BCUT2D eigenvalue weighted by molar-refractivity contribution is 0.0697. The molecule has 102 valence electrons. The van der Waals surface area contributed by atoms with Crippen LogP contribution in [0.2, 0.25) is 0 Å². The van der Waals surface area contributed by atoms with Gasteiger partial charge in [0.05, 0.1) is 11.9 Å². The summed E-state index contributed by atoms with van der Waals surface area (Å²) >= 11 is 0. The van der Waals surface area contributed by atoms with Crippen molar-refractivity contribution in [1.82, 2.24) is 9.97 Å². The van der Waals surface area contributed by atoms with Gasteiger partial charge in [-0.2, -0.15) is 0 Å². The number of aliphatic hydroxyl groups is 1. The largest absolute Gasteiger partial charge is 0.383 e. The molecule has 0 fully saturated rings. The predicted octanol–water partition coefficient (Wildman–Crippen LogP) is 3.50. The van der Waals surface area contributed by atoms with Gasteiger partial charge in [0.25, 0.3) is 0 Å². The molecule has 2 N–H and O–H groups in total. The fourth-order valence-electron chi connectivity index (χ4n) is 2.07. The first-order valence-electron chi connectivity index (χ1n) is 6.73. The fraction of sp³-hybridized carbons (Fsp3) is 0.438. The maximum absolute atomic E-state index is 9.90. The van der Waals surface area contributed by atoms with Gasteiger partial charge in [0.15, 0.2) is 0 Å². The van der Waals surface area contributed by atoms with Gasteiger partial charge in [-0.15, -0.1) is 0 Å². The summed E-state index contributed by atoms with van der Waals surface area (Å²) in [5.41, 5.74) is 2.44. The minimum atomic E-state index is -0.935. The number of hydrogen-bond acceptors (Lipinski definition) is 2. The highest BCUT2D eigenvalue weighted by Gasteiger charge is 2.19. The lowest BCUT2D eigenvalue weighted by atomic mass is 10.0. The third-order valence-electron chi connectivity index (χ3n) is 3.06. The fourth-order valence-corrected chi connectivity index (χ4v) is 2.07. The molecule has 19 heavy (non-hydrogen) atoms. The average Bonchev–Trinajstić information content (AvgIpc) is 2.78. The molecule has 0 atom stereocenters. The molecule has 3 heteroatoms. The van der Waals surface area contributed by atoms with Crippen LogP contribution in [-0.4, -0.2) is 15.1 Å². The van der Waals surface area contributed by atoms with Gasteiger partial charge in [-0.3, -0.25) is 0 Å². The van der Waals surface area contributed by atoms with Gasteiger partial charge in [0.1, 0.15) is 11.4 Å². The van der Waals surface area contributed by atoms with Crippen molar-refractivity contribution < 1.29 is 5.11 Å². The lowest BCUT2D eigenvalue weighted by Crippen LogP contribution is -2.17. The summed E-state index contributed by atoms with van der Waals surface area (Å²) in [5.74, 6) is 1.26. The van der Waals surface area contributed by atoms with E-state index in [9.17, 15) is 5.11 Å². The number of aromatic nitrogens is 2. The second-order valence-corrected chi connectivity index (χ2v) is 6.00. The summed E-state index contributed by atoms with van der Waals surface area (Å²) in [6.45, 7) is 7.89. The zero-order valence-electron chi connectivity index (χ0n) is 12.1. The minimum Gasteiger partial charge on any atom is -0.383 e. The maximum Gasteiger partial charge on any atom is 0.138 e. The number of aromatic amines is 1. The Morgan fingerprint density at radius 1 is 1.21 bits per heavy atom. The Kier molecular flexibility index (Phi) is 3.76. The molecule has 3 nitrogen and oxygen atoms in total. The van der Waals surface area contributed by atoms with Crippen LogP contribution >= 0.6 is 0 Å². The van der Waals surface area contributed by atoms with Crippen LogP contribution in [0.15, 0.2) is 30.5 Å². The van der Waals surface area contributed by atoms with Crippen molar-refractivity contribution in [2.75, 3.05) is 0 Å². The second kappa shape index (κ2) is 5.17. The van der Waals surface area contributed by atoms with E-state index in [0.717, 1.165) is 17.7 Å². The molecule has 0 aliphatic carbocycles. The summed E-state index contributed by atoms with van der Waals surface area (Å²) in [6, 6.07) is 8.50. The Labute approximate surface area is 114 Å². The molecule has 0 saturated heterocycles. The number of imidazole rings is 1. The summed E-state index contributed by atoms with van der Waals surface area (Å²) < 4.78 is 0. The Morgan fingerprint density at radius 2 is 1.84 bits per heavy atom. The zero-order chi connectivity index (χ0) is 14.0. The van der Waals surface area contributed by atoms with Crippen LogP contribution in [0.1, 0.15) is 39.1 Å². The molecule has 1 heterocycles. The van der Waals surface area contributed by atoms with Crippen LogP contribution in [0.5, 0.6) is 0 Å². The molecular weight excluding hydrogens is 236 g/mol. The van der Waals surface area contributed by atoms with Gasteiger partial charge in [0.2, 0.25) is 0 Å². The van der Waals surface area contributed by atoms with E-state index in [1.165, 1.54) is 5.56 Å². The van der Waals surface area contributed by atoms with E-state index in [0.29, 0.717) is 11.7 Å². The highest BCUT2D eigenvalue weighted by atomic mass is 16.3. The molecule has 0 amide bonds. The van der Waals surface area contributed by atoms with Crippen molar-refractivity contribution in [3.8, 4) is 11.3 Å². The molecule has 0 spiro atoms. The third kappa shape index (κ3) is 3.44. The number of nitrogens with one attached hydrogen (secondary N) is 1. The van der Waals surface area contributed by atoms with Crippen LogP contribution in [0, 0.1) is 5.92 Å². The van der Waals surface area contributed by atoms with E-state index in [1.807, 2.05) is 0 Å². The number of rotatable bonds is 4. The van der Waals surface area contributed by atoms with Crippen molar-refractivity contribution in [3.63, 3.8) is 0 Å². The first-order valence-corrected chi connectivity index (χ1v) is 6.73. The Morgan fingerprint density at radius 3 is 2.32 bits per heavy atom. The normalized spacial score (nSPS) is 12.1. The number of benzene rings is 1. The molecule has 0 aliphatic rings. The third-order valence-corrected chi connectivity index (χ3v) is 3.06. The quantitative estimate of drug-likeness (QED) is 0.881. The number of hydrogen-bond donors (Lipinski definition) is 2. The Balaban J connectivity index is 2.20. The van der Waals surface area contributed by atoms with Crippen LogP contribution < -0.4 is 0 Å². The molecule has 0 saturated carbocycles. The van der Waals surface area contributed by atoms with Crippen LogP contribution in [0.25, 0.3) is 11.3 Å². The molecule has 2 rings (SSSR count). The summed E-state index contributed by atoms with van der Waals surface area (Å²) in [5, 5.41) is 9.90. The molecule has 2 aromatic rings. The number of nitrogens with zero attached hydrogens (tertiary/aromatic N) is 1. The smallest absolute Gasteiger partial charge is 0.138 e. The van der Waals surface area contributed by atoms with Crippen molar-refractivity contribution >= 4 is 0 Å². The molecule has 0 unspecified atom stereocenters. The zero-order valence-corrected chi connectivity index (χ0v) is 12.1. The van der Waals surface area contributed by atoms with E-state index in [4.69, 9.17) is 0 Å². The van der Waals surface area contributed by atoms with E-state index in [2.05, 4.69) is 48.1 Å². The molecular formula is C16H22N2O. The standard InChI is InChI=1S/C16H22N2O/c1-11(2)9-12-5-7-13(8-6-12)14-10-17-15(18-14)16(3,4)19/h5-8,10-11,19H,9H2,1-4H3,(H,17,18). The molecule has 0 bridgehead atoms. The van der Waals surface area contributed by atoms with E-state index < -0.39 is 5.60 Å².